The summed E-state index contributed by atoms with van der Waals surface area (Å²) in [5.41, 5.74) is 1.78. The molecule has 5 aliphatic rings. The van der Waals surface area contributed by atoms with E-state index in [2.05, 4.69) is 21.0 Å². The van der Waals surface area contributed by atoms with Gasteiger partial charge in [0.2, 0.25) is 0 Å². The predicted molar refractivity (Wildman–Crippen MR) is 171 cm³/mol. The van der Waals surface area contributed by atoms with Crippen molar-refractivity contribution in [1.29, 1.82) is 0 Å². The van der Waals surface area contributed by atoms with Gasteiger partial charge in [0.1, 0.15) is 17.1 Å². The molecule has 4 saturated heterocycles. The Balaban J connectivity index is 1.12. The van der Waals surface area contributed by atoms with E-state index < -0.39 is 5.82 Å². The molecule has 1 aliphatic carbocycles. The number of hydrogen-bond acceptors (Lipinski definition) is 8. The van der Waals surface area contributed by atoms with E-state index in [9.17, 15) is 5.11 Å². The fraction of sp³-hybridized carbons (Fsp3) is 0.444. The molecule has 45 heavy (non-hydrogen) atoms. The Morgan fingerprint density at radius 3 is 2.67 bits per heavy atom. The molecule has 9 heteroatoms. The third kappa shape index (κ3) is 4.70. The van der Waals surface area contributed by atoms with Gasteiger partial charge < -0.3 is 24.8 Å². The van der Waals surface area contributed by atoms with Crippen LogP contribution in [0.2, 0.25) is 0 Å². The predicted octanol–water partition coefficient (Wildman–Crippen LogP) is 4.85. The zero-order valence-corrected chi connectivity index (χ0v) is 25.1. The molecule has 0 spiro atoms. The summed E-state index contributed by atoms with van der Waals surface area (Å²) in [6.07, 6.45) is 11.8. The summed E-state index contributed by atoms with van der Waals surface area (Å²) < 4.78 is 29.1. The van der Waals surface area contributed by atoms with Gasteiger partial charge in [-0.3, -0.25) is 4.90 Å². The van der Waals surface area contributed by atoms with Gasteiger partial charge in [-0.2, -0.15) is 9.97 Å². The standard InChI is InChI=1S/C36H36FN5O3/c1-2-21-4-3-5-22-12-26(43)14-30(31(21)22)28-8-9-29-33(32(28)37)39-35(40-34(29)41-15-23-6-7-24(16-41)38-23)45-20-36(10-11-36)19-42-17-27-13-25(42)18-44-27/h1,3-5,8-9,12,14,23-25,27,38,43H,6-7,10-11,13,15-20H2. The van der Waals surface area contributed by atoms with Gasteiger partial charge >= 0.3 is 6.01 Å². The maximum atomic E-state index is 16.9. The minimum atomic E-state index is -0.480. The van der Waals surface area contributed by atoms with Crippen LogP contribution in [0, 0.1) is 23.6 Å². The number of aromatic hydroxyl groups is 1. The van der Waals surface area contributed by atoms with Crippen molar-refractivity contribution >= 4 is 27.5 Å². The summed E-state index contributed by atoms with van der Waals surface area (Å²) in [4.78, 5) is 14.5. The average Bonchev–Trinajstić information content (AvgIpc) is 3.30. The van der Waals surface area contributed by atoms with Gasteiger partial charge in [-0.25, -0.2) is 4.39 Å². The fourth-order valence-electron chi connectivity index (χ4n) is 8.20. The highest BCUT2D eigenvalue weighted by molar-refractivity contribution is 6.04. The van der Waals surface area contributed by atoms with Gasteiger partial charge in [0.25, 0.3) is 0 Å². The number of nitrogens with one attached hydrogen (secondary N) is 1. The van der Waals surface area contributed by atoms with E-state index in [1.807, 2.05) is 24.3 Å². The highest BCUT2D eigenvalue weighted by Gasteiger charge is 2.49. The fourth-order valence-corrected chi connectivity index (χ4v) is 8.20. The van der Waals surface area contributed by atoms with Gasteiger partial charge in [0, 0.05) is 71.6 Å². The third-order valence-corrected chi connectivity index (χ3v) is 10.7. The van der Waals surface area contributed by atoms with E-state index in [4.69, 9.17) is 25.9 Å². The Kier molecular flexibility index (Phi) is 6.25. The summed E-state index contributed by atoms with van der Waals surface area (Å²) in [7, 11) is 0. The number of anilines is 1. The third-order valence-electron chi connectivity index (χ3n) is 10.7. The number of rotatable bonds is 7. The maximum Gasteiger partial charge on any atom is 0.319 e. The second-order valence-electron chi connectivity index (χ2n) is 13.8. The molecule has 4 aromatic rings. The molecular formula is C36H36FN5O3. The van der Waals surface area contributed by atoms with Gasteiger partial charge in [-0.15, -0.1) is 6.42 Å². The summed E-state index contributed by atoms with van der Waals surface area (Å²) in [5.74, 6) is 3.01. The van der Waals surface area contributed by atoms with Gasteiger partial charge in [-0.05, 0) is 67.3 Å². The minimum Gasteiger partial charge on any atom is -0.508 e. The first-order valence-corrected chi connectivity index (χ1v) is 16.2. The number of likely N-dealkylation sites (tertiary alicyclic amines) is 1. The SMILES string of the molecule is C#Cc1cccc2cc(O)cc(-c3ccc4c(N5CC6CCC(C5)N6)nc(OCC5(CN6CC7CC6CO7)CC5)nc4c3F)c12. The first-order valence-electron chi connectivity index (χ1n) is 16.2. The molecule has 0 radical (unpaired) electrons. The van der Waals surface area contributed by atoms with Crippen molar-refractivity contribution in [3.8, 4) is 35.2 Å². The molecule has 2 N–H and O–H groups in total. The van der Waals surface area contributed by atoms with Crippen LogP contribution in [-0.4, -0.2) is 83.6 Å². The number of ether oxygens (including phenoxy) is 2. The van der Waals surface area contributed by atoms with Crippen LogP contribution < -0.4 is 15.0 Å². The van der Waals surface area contributed by atoms with Gasteiger partial charge in [0.15, 0.2) is 5.82 Å². The lowest BCUT2D eigenvalue weighted by Gasteiger charge is -2.34. The Morgan fingerprint density at radius 2 is 1.93 bits per heavy atom. The maximum absolute atomic E-state index is 16.9. The first kappa shape index (κ1) is 27.3. The van der Waals surface area contributed by atoms with Crippen LogP contribution in [0.15, 0.2) is 42.5 Å². The second kappa shape index (κ2) is 10.3. The number of morpholine rings is 1. The number of phenols is 1. The van der Waals surface area contributed by atoms with E-state index >= 15 is 4.39 Å². The molecule has 5 fully saturated rings. The number of aromatic nitrogens is 2. The summed E-state index contributed by atoms with van der Waals surface area (Å²) in [6.45, 7) is 4.91. The molecule has 0 amide bonds. The van der Waals surface area contributed by atoms with E-state index in [0.29, 0.717) is 58.7 Å². The minimum absolute atomic E-state index is 0.0439. The highest BCUT2D eigenvalue weighted by Crippen LogP contribution is 2.48. The number of piperazine rings is 1. The second-order valence-corrected chi connectivity index (χ2v) is 13.8. The molecule has 4 aliphatic heterocycles. The lowest BCUT2D eigenvalue weighted by molar-refractivity contribution is 0.0176. The van der Waals surface area contributed by atoms with Crippen LogP contribution in [0.5, 0.6) is 11.8 Å². The van der Waals surface area contributed by atoms with E-state index in [1.54, 1.807) is 18.2 Å². The first-order chi connectivity index (χ1) is 21.9. The van der Waals surface area contributed by atoms with Crippen LogP contribution in [0.25, 0.3) is 32.8 Å². The number of phenolic OH excluding ortho intramolecular Hbond substituents is 1. The molecule has 4 bridgehead atoms. The normalized spacial score (nSPS) is 26.5. The molecule has 1 saturated carbocycles. The average molecular weight is 606 g/mol. The smallest absolute Gasteiger partial charge is 0.319 e. The van der Waals surface area contributed by atoms with E-state index in [-0.39, 0.29) is 22.7 Å². The topological polar surface area (TPSA) is 83.0 Å². The Bertz CT molecular complexity index is 1870. The molecule has 8 nitrogen and oxygen atoms in total. The highest BCUT2D eigenvalue weighted by atomic mass is 19.1. The Labute approximate surface area is 261 Å². The van der Waals surface area contributed by atoms with Crippen molar-refractivity contribution in [3.05, 3.63) is 53.8 Å². The molecule has 1 aromatic heterocycles. The van der Waals surface area contributed by atoms with Crippen molar-refractivity contribution in [3.63, 3.8) is 0 Å². The van der Waals surface area contributed by atoms with E-state index in [0.717, 1.165) is 75.7 Å². The molecule has 9 rings (SSSR count). The van der Waals surface area contributed by atoms with Gasteiger partial charge in [0.05, 0.1) is 19.3 Å². The number of hydrogen-bond donors (Lipinski definition) is 2. The zero-order chi connectivity index (χ0) is 30.3. The molecule has 4 atom stereocenters. The van der Waals surface area contributed by atoms with Crippen molar-refractivity contribution < 1.29 is 19.0 Å². The number of terminal acetylenes is 1. The number of fused-ring (bicyclic) bond motifs is 6. The van der Waals surface area contributed by atoms with Crippen LogP contribution >= 0.6 is 0 Å². The molecule has 3 aromatic carbocycles. The lowest BCUT2D eigenvalue weighted by Crippen LogP contribution is -2.51. The van der Waals surface area contributed by atoms with Crippen LogP contribution in [0.3, 0.4) is 0 Å². The molecule has 5 heterocycles. The molecule has 230 valence electrons. The molecule has 4 unspecified atom stereocenters. The Morgan fingerprint density at radius 1 is 1.09 bits per heavy atom. The summed E-state index contributed by atoms with van der Waals surface area (Å²) in [5, 5.41) is 16.4. The number of halogens is 1. The zero-order valence-electron chi connectivity index (χ0n) is 25.1. The summed E-state index contributed by atoms with van der Waals surface area (Å²) in [6, 6.07) is 13.9. The number of nitrogens with zero attached hydrogens (tertiary/aromatic N) is 4. The quantitative estimate of drug-likeness (QED) is 0.290. The van der Waals surface area contributed by atoms with Crippen molar-refractivity contribution in [1.82, 2.24) is 20.2 Å². The van der Waals surface area contributed by atoms with Crippen molar-refractivity contribution in [2.24, 2.45) is 5.41 Å². The number of benzene rings is 3. The Hall–Kier alpha value is -3.97. The monoisotopic (exact) mass is 605 g/mol. The van der Waals surface area contributed by atoms with Crippen molar-refractivity contribution in [2.75, 3.05) is 44.3 Å². The van der Waals surface area contributed by atoms with Gasteiger partial charge in [-0.1, -0.05) is 24.1 Å². The van der Waals surface area contributed by atoms with Crippen LogP contribution in [0.4, 0.5) is 10.2 Å². The van der Waals surface area contributed by atoms with E-state index in [1.165, 1.54) is 0 Å². The van der Waals surface area contributed by atoms with Crippen LogP contribution in [0.1, 0.15) is 37.7 Å². The molecular weight excluding hydrogens is 569 g/mol. The summed E-state index contributed by atoms with van der Waals surface area (Å²) >= 11 is 0. The van der Waals surface area contributed by atoms with Crippen molar-refractivity contribution in [2.45, 2.75) is 56.3 Å². The lowest BCUT2D eigenvalue weighted by atomic mass is 9.93. The van der Waals surface area contributed by atoms with Crippen LogP contribution in [-0.2, 0) is 4.74 Å². The largest absolute Gasteiger partial charge is 0.508 e.